The molecule has 0 aliphatic rings. The molecular weight excluding hydrogens is 206 g/mol. The third-order valence-electron chi connectivity index (χ3n) is 2.22. The summed E-state index contributed by atoms with van der Waals surface area (Å²) >= 11 is 0. The van der Waals surface area contributed by atoms with E-state index in [0.717, 1.165) is 0 Å². The van der Waals surface area contributed by atoms with Crippen LogP contribution in [0.2, 0.25) is 0 Å². The molecule has 1 rings (SSSR count). The Morgan fingerprint density at radius 3 is 2.50 bits per heavy atom. The Labute approximate surface area is 94.8 Å². The van der Waals surface area contributed by atoms with Gasteiger partial charge in [0.15, 0.2) is 0 Å². The van der Waals surface area contributed by atoms with Gasteiger partial charge >= 0.3 is 0 Å². The molecule has 1 amide bonds. The number of rotatable bonds is 4. The fourth-order valence-electron chi connectivity index (χ4n) is 1.37. The van der Waals surface area contributed by atoms with Crippen LogP contribution in [-0.2, 0) is 9.59 Å². The normalized spacial score (nSPS) is 9.69. The molecule has 86 valence electrons. The zero-order chi connectivity index (χ0) is 12.1. The van der Waals surface area contributed by atoms with E-state index < -0.39 is 0 Å². The van der Waals surface area contributed by atoms with Crippen LogP contribution in [0.15, 0.2) is 24.3 Å². The van der Waals surface area contributed by atoms with E-state index in [0.29, 0.717) is 11.4 Å². The summed E-state index contributed by atoms with van der Waals surface area (Å²) in [6.07, 6.45) is -0.0887. The van der Waals surface area contributed by atoms with E-state index in [4.69, 9.17) is 4.74 Å². The lowest BCUT2D eigenvalue weighted by atomic mass is 10.2. The zero-order valence-corrected chi connectivity index (χ0v) is 9.69. The van der Waals surface area contributed by atoms with E-state index in [1.165, 1.54) is 11.8 Å². The second kappa shape index (κ2) is 5.30. The highest BCUT2D eigenvalue weighted by Crippen LogP contribution is 2.26. The van der Waals surface area contributed by atoms with Gasteiger partial charge in [0.1, 0.15) is 11.5 Å². The number of Topliss-reactive ketones (excluding diaryl/α,β-unsaturated/α-hetero) is 1. The molecule has 0 aliphatic carbocycles. The number of anilines is 1. The number of carbonyl (C=O) groups excluding carboxylic acids is 2. The molecule has 1 aromatic carbocycles. The van der Waals surface area contributed by atoms with Crippen molar-refractivity contribution in [1.82, 2.24) is 0 Å². The lowest BCUT2D eigenvalue weighted by molar-refractivity contribution is -0.125. The zero-order valence-electron chi connectivity index (χ0n) is 9.69. The van der Waals surface area contributed by atoms with Gasteiger partial charge in [0.05, 0.1) is 19.2 Å². The van der Waals surface area contributed by atoms with Gasteiger partial charge in [0.2, 0.25) is 5.91 Å². The summed E-state index contributed by atoms with van der Waals surface area (Å²) in [5, 5.41) is 0. The highest BCUT2D eigenvalue weighted by Gasteiger charge is 2.15. The van der Waals surface area contributed by atoms with Gasteiger partial charge in [-0.15, -0.1) is 0 Å². The minimum absolute atomic E-state index is 0.0887. The monoisotopic (exact) mass is 221 g/mol. The fraction of sp³-hybridized carbons (Fsp3) is 0.333. The van der Waals surface area contributed by atoms with Gasteiger partial charge < -0.3 is 9.64 Å². The highest BCUT2D eigenvalue weighted by atomic mass is 16.5. The number of ketones is 1. The number of para-hydroxylation sites is 2. The summed E-state index contributed by atoms with van der Waals surface area (Å²) in [6, 6.07) is 7.19. The molecule has 16 heavy (non-hydrogen) atoms. The molecule has 0 aromatic heterocycles. The SMILES string of the molecule is COc1ccccc1N(C)C(=O)CC(C)=O. The maximum atomic E-state index is 11.7. The number of ether oxygens (including phenoxy) is 1. The smallest absolute Gasteiger partial charge is 0.234 e. The van der Waals surface area contributed by atoms with Crippen LogP contribution in [0.4, 0.5) is 5.69 Å². The van der Waals surface area contributed by atoms with Crippen LogP contribution in [-0.4, -0.2) is 25.8 Å². The maximum Gasteiger partial charge on any atom is 0.234 e. The van der Waals surface area contributed by atoms with Crippen LogP contribution >= 0.6 is 0 Å². The van der Waals surface area contributed by atoms with Crippen molar-refractivity contribution >= 4 is 17.4 Å². The number of hydrogen-bond donors (Lipinski definition) is 0. The predicted octanol–water partition coefficient (Wildman–Crippen LogP) is 1.64. The number of carbonyl (C=O) groups is 2. The number of amides is 1. The lowest BCUT2D eigenvalue weighted by Crippen LogP contribution is -2.28. The molecular formula is C12H15NO3. The van der Waals surface area contributed by atoms with E-state index in [1.807, 2.05) is 12.1 Å². The standard InChI is InChI=1S/C12H15NO3/c1-9(14)8-12(15)13(2)10-6-4-5-7-11(10)16-3/h4-7H,8H2,1-3H3. The van der Waals surface area contributed by atoms with Crippen LogP contribution in [0.5, 0.6) is 5.75 Å². The molecule has 0 heterocycles. The molecule has 0 unspecified atom stereocenters. The molecule has 0 bridgehead atoms. The van der Waals surface area contributed by atoms with E-state index >= 15 is 0 Å². The molecule has 0 fully saturated rings. The first-order valence-electron chi connectivity index (χ1n) is 4.95. The molecule has 0 saturated heterocycles. The molecule has 1 aromatic rings. The Kier molecular flexibility index (Phi) is 4.05. The van der Waals surface area contributed by atoms with Crippen molar-refractivity contribution in [2.45, 2.75) is 13.3 Å². The first-order chi connectivity index (χ1) is 7.56. The molecule has 0 aliphatic heterocycles. The largest absolute Gasteiger partial charge is 0.495 e. The third kappa shape index (κ3) is 2.82. The quantitative estimate of drug-likeness (QED) is 0.726. The van der Waals surface area contributed by atoms with Gasteiger partial charge in [-0.1, -0.05) is 12.1 Å². The molecule has 0 N–H and O–H groups in total. The Balaban J connectivity index is 2.91. The van der Waals surface area contributed by atoms with Gasteiger partial charge in [-0.05, 0) is 19.1 Å². The number of hydrogen-bond acceptors (Lipinski definition) is 3. The van der Waals surface area contributed by atoms with Crippen LogP contribution < -0.4 is 9.64 Å². The van der Waals surface area contributed by atoms with Crippen molar-refractivity contribution in [3.8, 4) is 5.75 Å². The Hall–Kier alpha value is -1.84. The van der Waals surface area contributed by atoms with Crippen LogP contribution in [0, 0.1) is 0 Å². The molecule has 4 nitrogen and oxygen atoms in total. The average molecular weight is 221 g/mol. The average Bonchev–Trinajstić information content (AvgIpc) is 2.27. The topological polar surface area (TPSA) is 46.6 Å². The summed E-state index contributed by atoms with van der Waals surface area (Å²) in [5.41, 5.74) is 0.663. The molecule has 4 heteroatoms. The Morgan fingerprint density at radius 1 is 1.31 bits per heavy atom. The van der Waals surface area contributed by atoms with Crippen LogP contribution in [0.3, 0.4) is 0 Å². The van der Waals surface area contributed by atoms with Crippen molar-refractivity contribution in [2.75, 3.05) is 19.1 Å². The minimum atomic E-state index is -0.239. The summed E-state index contributed by atoms with van der Waals surface area (Å²) in [4.78, 5) is 24.0. The van der Waals surface area contributed by atoms with Gasteiger partial charge in [0.25, 0.3) is 0 Å². The summed E-state index contributed by atoms with van der Waals surface area (Å²) in [5.74, 6) is 0.227. The van der Waals surface area contributed by atoms with E-state index in [1.54, 1.807) is 26.3 Å². The Bertz CT molecular complexity index is 401. The first-order valence-corrected chi connectivity index (χ1v) is 4.95. The second-order valence-electron chi connectivity index (χ2n) is 3.50. The van der Waals surface area contributed by atoms with Crippen molar-refractivity contribution in [3.63, 3.8) is 0 Å². The highest BCUT2D eigenvalue weighted by molar-refractivity contribution is 6.05. The van der Waals surface area contributed by atoms with Crippen LogP contribution in [0.25, 0.3) is 0 Å². The number of benzene rings is 1. The second-order valence-corrected chi connectivity index (χ2v) is 3.50. The van der Waals surface area contributed by atoms with Crippen molar-refractivity contribution < 1.29 is 14.3 Å². The van der Waals surface area contributed by atoms with Gasteiger partial charge in [-0.3, -0.25) is 9.59 Å². The maximum absolute atomic E-state index is 11.7. The van der Waals surface area contributed by atoms with E-state index in [2.05, 4.69) is 0 Å². The van der Waals surface area contributed by atoms with Crippen molar-refractivity contribution in [1.29, 1.82) is 0 Å². The summed E-state index contributed by atoms with van der Waals surface area (Å²) < 4.78 is 5.14. The summed E-state index contributed by atoms with van der Waals surface area (Å²) in [7, 11) is 3.17. The minimum Gasteiger partial charge on any atom is -0.495 e. The number of nitrogens with zero attached hydrogens (tertiary/aromatic N) is 1. The van der Waals surface area contributed by atoms with E-state index in [-0.39, 0.29) is 18.1 Å². The molecule has 0 spiro atoms. The van der Waals surface area contributed by atoms with Gasteiger partial charge in [-0.2, -0.15) is 0 Å². The Morgan fingerprint density at radius 2 is 1.94 bits per heavy atom. The molecule has 0 radical (unpaired) electrons. The first kappa shape index (κ1) is 12.2. The molecule has 0 saturated carbocycles. The lowest BCUT2D eigenvalue weighted by Gasteiger charge is -2.19. The van der Waals surface area contributed by atoms with Gasteiger partial charge in [0, 0.05) is 7.05 Å². The van der Waals surface area contributed by atoms with E-state index in [9.17, 15) is 9.59 Å². The van der Waals surface area contributed by atoms with Gasteiger partial charge in [-0.25, -0.2) is 0 Å². The fourth-order valence-corrected chi connectivity index (χ4v) is 1.37. The number of methoxy groups -OCH3 is 1. The summed E-state index contributed by atoms with van der Waals surface area (Å²) in [6.45, 7) is 1.40. The predicted molar refractivity (Wildman–Crippen MR) is 61.7 cm³/mol. The van der Waals surface area contributed by atoms with Crippen molar-refractivity contribution in [3.05, 3.63) is 24.3 Å². The van der Waals surface area contributed by atoms with Crippen LogP contribution in [0.1, 0.15) is 13.3 Å². The molecule has 0 atom stereocenters. The third-order valence-corrected chi connectivity index (χ3v) is 2.22. The van der Waals surface area contributed by atoms with Crippen molar-refractivity contribution in [2.24, 2.45) is 0 Å².